The lowest BCUT2D eigenvalue weighted by Gasteiger charge is -2.14. The van der Waals surface area contributed by atoms with Crippen LogP contribution in [0.3, 0.4) is 0 Å². The van der Waals surface area contributed by atoms with Gasteiger partial charge in [-0.15, -0.1) is 0 Å². The monoisotopic (exact) mass is 591 g/mol. The van der Waals surface area contributed by atoms with E-state index in [2.05, 4.69) is 34.6 Å². The first kappa shape index (κ1) is 42.0. The van der Waals surface area contributed by atoms with Gasteiger partial charge >= 0.3 is 0 Å². The van der Waals surface area contributed by atoms with Crippen LogP contribution in [0, 0.1) is 17.8 Å². The van der Waals surface area contributed by atoms with Crippen molar-refractivity contribution in [3.8, 4) is 0 Å². The summed E-state index contributed by atoms with van der Waals surface area (Å²) < 4.78 is 0. The Balaban J connectivity index is 3.34. The lowest BCUT2D eigenvalue weighted by molar-refractivity contribution is 0.389. The van der Waals surface area contributed by atoms with Gasteiger partial charge in [-0.25, -0.2) is 0 Å². The highest BCUT2D eigenvalue weighted by atomic mass is 14.1. The summed E-state index contributed by atoms with van der Waals surface area (Å²) in [6, 6.07) is 0. The molecule has 0 heterocycles. The van der Waals surface area contributed by atoms with Crippen molar-refractivity contribution in [1.29, 1.82) is 0 Å². The summed E-state index contributed by atoms with van der Waals surface area (Å²) in [7, 11) is 0. The third kappa shape index (κ3) is 34.5. The molecule has 0 aliphatic heterocycles. The maximum absolute atomic E-state index is 2.52. The predicted molar refractivity (Wildman–Crippen MR) is 196 cm³/mol. The smallest absolute Gasteiger partial charge is 0.0443 e. The van der Waals surface area contributed by atoms with Gasteiger partial charge in [0.15, 0.2) is 0 Å². The van der Waals surface area contributed by atoms with Gasteiger partial charge in [0.2, 0.25) is 0 Å². The number of rotatable bonds is 36. The van der Waals surface area contributed by atoms with Crippen molar-refractivity contribution in [2.45, 2.75) is 253 Å². The molecule has 0 aromatic rings. The van der Waals surface area contributed by atoms with Crippen molar-refractivity contribution < 1.29 is 0 Å². The molecule has 3 atom stereocenters. The average Bonchev–Trinajstić information content (AvgIpc) is 2.98. The van der Waals surface area contributed by atoms with Crippen LogP contribution in [0.1, 0.15) is 253 Å². The van der Waals surface area contributed by atoms with Gasteiger partial charge in [-0.05, 0) is 17.8 Å². The maximum Gasteiger partial charge on any atom is -0.0443 e. The van der Waals surface area contributed by atoms with Crippen molar-refractivity contribution in [2.75, 3.05) is 0 Å². The molecule has 0 fully saturated rings. The van der Waals surface area contributed by atoms with Gasteiger partial charge in [-0.1, -0.05) is 253 Å². The van der Waals surface area contributed by atoms with Crippen LogP contribution in [0.5, 0.6) is 0 Å². The Hall–Kier alpha value is 0. The molecule has 0 bridgehead atoms. The van der Waals surface area contributed by atoms with E-state index < -0.39 is 0 Å². The van der Waals surface area contributed by atoms with Gasteiger partial charge in [0.05, 0.1) is 0 Å². The molecule has 0 spiro atoms. The van der Waals surface area contributed by atoms with E-state index in [0.717, 1.165) is 17.8 Å². The molecular formula is C42H86. The molecule has 0 radical (unpaired) electrons. The first-order valence-electron chi connectivity index (χ1n) is 20.6. The normalized spacial score (nSPS) is 13.9. The molecule has 0 aliphatic carbocycles. The summed E-state index contributed by atoms with van der Waals surface area (Å²) >= 11 is 0. The van der Waals surface area contributed by atoms with Crippen molar-refractivity contribution in [3.63, 3.8) is 0 Å². The summed E-state index contributed by atoms with van der Waals surface area (Å²) in [4.78, 5) is 0. The number of hydrogen-bond donors (Lipinski definition) is 0. The zero-order valence-corrected chi connectivity index (χ0v) is 30.8. The van der Waals surface area contributed by atoms with Crippen LogP contribution in [-0.4, -0.2) is 0 Å². The second-order valence-electron chi connectivity index (χ2n) is 15.2. The van der Waals surface area contributed by atoms with Gasteiger partial charge in [0, 0.05) is 0 Å². The Bertz CT molecular complexity index is 467. The van der Waals surface area contributed by atoms with Gasteiger partial charge in [-0.3, -0.25) is 0 Å². The fourth-order valence-electron chi connectivity index (χ4n) is 7.08. The van der Waals surface area contributed by atoms with E-state index >= 15 is 0 Å². The third-order valence-electron chi connectivity index (χ3n) is 10.4. The molecule has 0 N–H and O–H groups in total. The molecule has 0 saturated carbocycles. The lowest BCUT2D eigenvalue weighted by atomic mass is 9.92. The summed E-state index contributed by atoms with van der Waals surface area (Å²) in [5, 5.41) is 0. The van der Waals surface area contributed by atoms with Crippen LogP contribution in [0.15, 0.2) is 0 Å². The molecule has 0 aromatic carbocycles. The summed E-state index contributed by atoms with van der Waals surface area (Å²) in [6.07, 6.45) is 50.0. The van der Waals surface area contributed by atoms with E-state index in [-0.39, 0.29) is 0 Å². The van der Waals surface area contributed by atoms with E-state index in [1.54, 1.807) is 0 Å². The van der Waals surface area contributed by atoms with Crippen LogP contribution >= 0.6 is 0 Å². The summed E-state index contributed by atoms with van der Waals surface area (Å²) in [6.45, 7) is 12.2. The van der Waals surface area contributed by atoms with E-state index in [9.17, 15) is 0 Å². The largest absolute Gasteiger partial charge is 0.0654 e. The highest BCUT2D eigenvalue weighted by Crippen LogP contribution is 2.23. The summed E-state index contributed by atoms with van der Waals surface area (Å²) in [5.74, 6) is 2.86. The topological polar surface area (TPSA) is 0 Å². The molecule has 0 amide bonds. The van der Waals surface area contributed by atoms with Crippen molar-refractivity contribution in [2.24, 2.45) is 17.8 Å². The molecular weight excluding hydrogens is 504 g/mol. The van der Waals surface area contributed by atoms with E-state index in [1.165, 1.54) is 218 Å². The third-order valence-corrected chi connectivity index (χ3v) is 10.4. The maximum atomic E-state index is 2.52. The molecule has 0 heteroatoms. The SMILES string of the molecule is CCCCCCCCCCCCCCC(C)CCCC(C)CCCCCCCC(C)CCCCCCCCCCCC. The lowest BCUT2D eigenvalue weighted by Crippen LogP contribution is -1.99. The fourth-order valence-corrected chi connectivity index (χ4v) is 7.08. The minimum Gasteiger partial charge on any atom is -0.0654 e. The second kappa shape index (κ2) is 35.5. The first-order valence-corrected chi connectivity index (χ1v) is 20.6. The van der Waals surface area contributed by atoms with E-state index in [1.807, 2.05) is 0 Å². The molecule has 0 rings (SSSR count). The Kier molecular flexibility index (Phi) is 35.5. The van der Waals surface area contributed by atoms with Gasteiger partial charge in [-0.2, -0.15) is 0 Å². The molecule has 3 unspecified atom stereocenters. The number of unbranched alkanes of at least 4 members (excludes halogenated alkanes) is 24. The van der Waals surface area contributed by atoms with E-state index in [0.29, 0.717) is 0 Å². The van der Waals surface area contributed by atoms with Crippen LogP contribution in [0.4, 0.5) is 0 Å². The highest BCUT2D eigenvalue weighted by Gasteiger charge is 2.07. The van der Waals surface area contributed by atoms with Crippen LogP contribution in [0.25, 0.3) is 0 Å². The zero-order chi connectivity index (χ0) is 30.8. The van der Waals surface area contributed by atoms with Crippen molar-refractivity contribution in [3.05, 3.63) is 0 Å². The van der Waals surface area contributed by atoms with Gasteiger partial charge < -0.3 is 0 Å². The predicted octanol–water partition coefficient (Wildman–Crippen LogP) is 16.2. The molecule has 0 saturated heterocycles. The van der Waals surface area contributed by atoms with Crippen LogP contribution in [-0.2, 0) is 0 Å². The Labute approximate surface area is 270 Å². The van der Waals surface area contributed by atoms with Crippen LogP contribution < -0.4 is 0 Å². The first-order chi connectivity index (χ1) is 20.6. The van der Waals surface area contributed by atoms with Gasteiger partial charge in [0.25, 0.3) is 0 Å². The molecule has 0 aliphatic rings. The quantitative estimate of drug-likeness (QED) is 0.0637. The summed E-state index contributed by atoms with van der Waals surface area (Å²) in [5.41, 5.74) is 0. The number of hydrogen-bond acceptors (Lipinski definition) is 0. The minimum absolute atomic E-state index is 0.949. The molecule has 42 heavy (non-hydrogen) atoms. The van der Waals surface area contributed by atoms with Crippen LogP contribution in [0.2, 0.25) is 0 Å². The minimum atomic E-state index is 0.949. The van der Waals surface area contributed by atoms with Crippen molar-refractivity contribution in [1.82, 2.24) is 0 Å². The average molecular weight is 591 g/mol. The Morgan fingerprint density at radius 2 is 0.381 bits per heavy atom. The fraction of sp³-hybridized carbons (Fsp3) is 1.00. The van der Waals surface area contributed by atoms with E-state index in [4.69, 9.17) is 0 Å². The molecule has 254 valence electrons. The zero-order valence-electron chi connectivity index (χ0n) is 30.8. The van der Waals surface area contributed by atoms with Crippen molar-refractivity contribution >= 4 is 0 Å². The Morgan fingerprint density at radius 3 is 0.595 bits per heavy atom. The standard InChI is InChI=1S/C42H86/c1-6-8-10-12-14-16-18-19-21-23-26-30-36-41(4)38-33-39-42(5)37-32-28-24-27-31-35-40(3)34-29-25-22-20-17-15-13-11-9-7-2/h40-42H,6-39H2,1-5H3. The van der Waals surface area contributed by atoms with Gasteiger partial charge in [0.1, 0.15) is 0 Å². The molecule has 0 nitrogen and oxygen atoms in total. The Morgan fingerprint density at radius 1 is 0.214 bits per heavy atom. The molecule has 0 aromatic heterocycles. The second-order valence-corrected chi connectivity index (χ2v) is 15.2. The highest BCUT2D eigenvalue weighted by molar-refractivity contribution is 4.60.